The molecule has 0 atom stereocenters. The zero-order valence-corrected chi connectivity index (χ0v) is 9.58. The van der Waals surface area contributed by atoms with Crippen LogP contribution in [0.2, 0.25) is 0 Å². The van der Waals surface area contributed by atoms with Gasteiger partial charge >= 0.3 is 11.9 Å². The van der Waals surface area contributed by atoms with Gasteiger partial charge in [0.25, 0.3) is 11.8 Å². The number of amides is 2. The van der Waals surface area contributed by atoms with E-state index in [1.54, 1.807) is 0 Å². The average Bonchev–Trinajstić information content (AvgIpc) is 2.64. The molecule has 0 fully saturated rings. The third kappa shape index (κ3) is 3.27. The maximum absolute atomic E-state index is 11.2. The molecule has 1 rings (SSSR count). The molecule has 7 heteroatoms. The average molecular weight is 253 g/mol. The Kier molecular flexibility index (Phi) is 4.36. The van der Waals surface area contributed by atoms with Gasteiger partial charge in [-0.2, -0.15) is 0 Å². The summed E-state index contributed by atoms with van der Waals surface area (Å²) in [6.45, 7) is -0.0974. The third-order valence-corrected chi connectivity index (χ3v) is 2.27. The van der Waals surface area contributed by atoms with Gasteiger partial charge in [0.05, 0.1) is 7.11 Å². The second-order valence-corrected chi connectivity index (χ2v) is 3.41. The van der Waals surface area contributed by atoms with Crippen LogP contribution in [-0.2, 0) is 23.9 Å². The molecule has 7 nitrogen and oxygen atoms in total. The van der Waals surface area contributed by atoms with Crippen LogP contribution in [0.4, 0.5) is 0 Å². The van der Waals surface area contributed by atoms with Crippen molar-refractivity contribution in [3.63, 3.8) is 0 Å². The molecule has 0 unspecified atom stereocenters. The van der Waals surface area contributed by atoms with Crippen LogP contribution in [0.5, 0.6) is 0 Å². The van der Waals surface area contributed by atoms with Crippen LogP contribution in [0.25, 0.3) is 0 Å². The SMILES string of the molecule is COC(=O)/C=C(\CCN1C(=O)C=CC1=O)C(=O)O. The number of hydrogen-bond acceptors (Lipinski definition) is 5. The first kappa shape index (κ1) is 13.6. The lowest BCUT2D eigenvalue weighted by Gasteiger charge is -2.13. The highest BCUT2D eigenvalue weighted by Gasteiger charge is 2.24. The van der Waals surface area contributed by atoms with Gasteiger partial charge in [0, 0.05) is 30.3 Å². The van der Waals surface area contributed by atoms with Crippen LogP contribution in [0, 0.1) is 0 Å². The number of carbonyl (C=O) groups excluding carboxylic acids is 3. The molecular weight excluding hydrogens is 242 g/mol. The van der Waals surface area contributed by atoms with E-state index in [2.05, 4.69) is 4.74 Å². The Labute approximate surface area is 102 Å². The highest BCUT2D eigenvalue weighted by atomic mass is 16.5. The summed E-state index contributed by atoms with van der Waals surface area (Å²) in [5.74, 6) is -3.09. The monoisotopic (exact) mass is 253 g/mol. The van der Waals surface area contributed by atoms with Gasteiger partial charge in [-0.15, -0.1) is 0 Å². The van der Waals surface area contributed by atoms with Gasteiger partial charge in [-0.1, -0.05) is 0 Å². The normalized spacial score (nSPS) is 15.2. The number of carboxylic acid groups (broad SMARTS) is 1. The summed E-state index contributed by atoms with van der Waals surface area (Å²) in [7, 11) is 1.12. The molecule has 1 heterocycles. The van der Waals surface area contributed by atoms with E-state index in [0.717, 1.165) is 30.2 Å². The van der Waals surface area contributed by atoms with Crippen molar-refractivity contribution < 1.29 is 29.0 Å². The molecular formula is C11H11NO6. The van der Waals surface area contributed by atoms with Crippen molar-refractivity contribution in [2.75, 3.05) is 13.7 Å². The first-order valence-corrected chi connectivity index (χ1v) is 5.01. The second-order valence-electron chi connectivity index (χ2n) is 3.41. The van der Waals surface area contributed by atoms with Crippen molar-refractivity contribution in [2.24, 2.45) is 0 Å². The Hall–Kier alpha value is -2.44. The molecule has 0 radical (unpaired) electrons. The largest absolute Gasteiger partial charge is 0.478 e. The molecule has 0 saturated carbocycles. The number of rotatable bonds is 5. The first-order valence-electron chi connectivity index (χ1n) is 5.01. The van der Waals surface area contributed by atoms with E-state index in [-0.39, 0.29) is 18.5 Å². The van der Waals surface area contributed by atoms with Crippen LogP contribution >= 0.6 is 0 Å². The second kappa shape index (κ2) is 5.76. The van der Waals surface area contributed by atoms with Gasteiger partial charge in [0.15, 0.2) is 0 Å². The maximum Gasteiger partial charge on any atom is 0.331 e. The number of nitrogens with zero attached hydrogens (tertiary/aromatic N) is 1. The van der Waals surface area contributed by atoms with E-state index in [0.29, 0.717) is 0 Å². The highest BCUT2D eigenvalue weighted by molar-refractivity contribution is 6.12. The van der Waals surface area contributed by atoms with Gasteiger partial charge in [-0.25, -0.2) is 9.59 Å². The van der Waals surface area contributed by atoms with Crippen molar-refractivity contribution in [3.05, 3.63) is 23.8 Å². The molecule has 1 N–H and O–H groups in total. The van der Waals surface area contributed by atoms with Crippen molar-refractivity contribution in [1.29, 1.82) is 0 Å². The maximum atomic E-state index is 11.2. The van der Waals surface area contributed by atoms with Crippen molar-refractivity contribution in [1.82, 2.24) is 4.90 Å². The number of methoxy groups -OCH3 is 1. The smallest absolute Gasteiger partial charge is 0.331 e. The Morgan fingerprint density at radius 3 is 2.33 bits per heavy atom. The summed E-state index contributed by atoms with van der Waals surface area (Å²) in [5, 5.41) is 8.84. The van der Waals surface area contributed by atoms with Crippen LogP contribution in [0.1, 0.15) is 6.42 Å². The van der Waals surface area contributed by atoms with Crippen molar-refractivity contribution in [2.45, 2.75) is 6.42 Å². The highest BCUT2D eigenvalue weighted by Crippen LogP contribution is 2.09. The number of carboxylic acids is 1. The minimum Gasteiger partial charge on any atom is -0.478 e. The summed E-state index contributed by atoms with van der Waals surface area (Å²) in [6, 6.07) is 0. The summed E-state index contributed by atoms with van der Waals surface area (Å²) in [5.41, 5.74) is -0.227. The fourth-order valence-corrected chi connectivity index (χ4v) is 1.33. The van der Waals surface area contributed by atoms with Gasteiger partial charge in [-0.3, -0.25) is 14.5 Å². The molecule has 0 bridgehead atoms. The zero-order chi connectivity index (χ0) is 13.7. The lowest BCUT2D eigenvalue weighted by Crippen LogP contribution is -2.31. The predicted molar refractivity (Wildman–Crippen MR) is 58.2 cm³/mol. The summed E-state index contributed by atoms with van der Waals surface area (Å²) in [4.78, 5) is 45.1. The summed E-state index contributed by atoms with van der Waals surface area (Å²) < 4.78 is 4.31. The number of aliphatic carboxylic acids is 1. The molecule has 1 aliphatic rings. The van der Waals surface area contributed by atoms with E-state index in [1.807, 2.05) is 0 Å². The lowest BCUT2D eigenvalue weighted by molar-refractivity contribution is -0.138. The molecule has 2 amide bonds. The quantitative estimate of drug-likeness (QED) is 0.402. The Balaban J connectivity index is 2.67. The number of ether oxygens (including phenoxy) is 1. The van der Waals surface area contributed by atoms with Crippen molar-refractivity contribution in [3.8, 4) is 0 Å². The Morgan fingerprint density at radius 2 is 1.89 bits per heavy atom. The van der Waals surface area contributed by atoms with Crippen LogP contribution in [0.3, 0.4) is 0 Å². The number of imide groups is 1. The van der Waals surface area contributed by atoms with Crippen molar-refractivity contribution >= 4 is 23.8 Å². The predicted octanol–water partition coefficient (Wildman–Crippen LogP) is -0.514. The Morgan fingerprint density at radius 1 is 1.33 bits per heavy atom. The molecule has 0 spiro atoms. The lowest BCUT2D eigenvalue weighted by atomic mass is 10.1. The van der Waals surface area contributed by atoms with Crippen LogP contribution < -0.4 is 0 Å². The number of carbonyl (C=O) groups is 4. The summed E-state index contributed by atoms with van der Waals surface area (Å²) >= 11 is 0. The van der Waals surface area contributed by atoms with Crippen LogP contribution in [-0.4, -0.2) is 47.4 Å². The van der Waals surface area contributed by atoms with E-state index in [4.69, 9.17) is 5.11 Å². The fourth-order valence-electron chi connectivity index (χ4n) is 1.33. The molecule has 0 aliphatic carbocycles. The molecule has 18 heavy (non-hydrogen) atoms. The standard InChI is InChI=1S/C11H11NO6/c1-18-10(15)6-7(11(16)17)4-5-12-8(13)2-3-9(12)14/h2-3,6H,4-5H2,1H3,(H,16,17)/b7-6+. The topological polar surface area (TPSA) is 101 Å². The van der Waals surface area contributed by atoms with E-state index in [1.165, 1.54) is 0 Å². The number of hydrogen-bond donors (Lipinski definition) is 1. The minimum absolute atomic E-state index is 0.0974. The molecule has 0 saturated heterocycles. The minimum atomic E-state index is -1.30. The van der Waals surface area contributed by atoms with Gasteiger partial charge < -0.3 is 9.84 Å². The van der Waals surface area contributed by atoms with Gasteiger partial charge in [0.1, 0.15) is 0 Å². The third-order valence-electron chi connectivity index (χ3n) is 2.27. The van der Waals surface area contributed by atoms with E-state index in [9.17, 15) is 19.2 Å². The van der Waals surface area contributed by atoms with Gasteiger partial charge in [-0.05, 0) is 6.42 Å². The first-order chi connectivity index (χ1) is 8.45. The molecule has 1 aliphatic heterocycles. The van der Waals surface area contributed by atoms with Crippen LogP contribution in [0.15, 0.2) is 23.8 Å². The van der Waals surface area contributed by atoms with E-state index >= 15 is 0 Å². The molecule has 0 aromatic rings. The van der Waals surface area contributed by atoms with E-state index < -0.39 is 23.8 Å². The fraction of sp³-hybridized carbons (Fsp3) is 0.273. The zero-order valence-electron chi connectivity index (χ0n) is 9.58. The Bertz CT molecular complexity index is 444. The number of esters is 1. The molecule has 0 aromatic heterocycles. The van der Waals surface area contributed by atoms with Gasteiger partial charge in [0.2, 0.25) is 0 Å². The molecule has 96 valence electrons. The molecule has 0 aromatic carbocycles. The summed E-state index contributed by atoms with van der Waals surface area (Å²) in [6.07, 6.45) is 2.91.